The molecule has 0 saturated heterocycles. The number of amides is 1. The van der Waals surface area contributed by atoms with Gasteiger partial charge in [0.1, 0.15) is 5.75 Å². The number of carboxylic acid groups (broad SMARTS) is 1. The van der Waals surface area contributed by atoms with Gasteiger partial charge in [0, 0.05) is 0 Å². The Bertz CT molecular complexity index is 744. The fourth-order valence-electron chi connectivity index (χ4n) is 3.24. The van der Waals surface area contributed by atoms with Crippen LogP contribution in [0.25, 0.3) is 0 Å². The molecule has 3 rings (SSSR count). The minimum absolute atomic E-state index is 0.254. The molecule has 2 N–H and O–H groups in total. The van der Waals surface area contributed by atoms with Crippen molar-refractivity contribution in [2.45, 2.75) is 25.7 Å². The van der Waals surface area contributed by atoms with Gasteiger partial charge in [-0.2, -0.15) is 0 Å². The molecule has 0 radical (unpaired) electrons. The highest BCUT2D eigenvalue weighted by atomic mass is 16.5. The molecule has 1 aliphatic carbocycles. The van der Waals surface area contributed by atoms with E-state index in [0.717, 1.165) is 12.8 Å². The van der Waals surface area contributed by atoms with E-state index in [0.29, 0.717) is 30.0 Å². The summed E-state index contributed by atoms with van der Waals surface area (Å²) in [5, 5.41) is 12.2. The van der Waals surface area contributed by atoms with Gasteiger partial charge < -0.3 is 15.2 Å². The number of anilines is 1. The van der Waals surface area contributed by atoms with Crippen molar-refractivity contribution in [1.82, 2.24) is 0 Å². The van der Waals surface area contributed by atoms with E-state index >= 15 is 0 Å². The second-order valence-corrected chi connectivity index (χ2v) is 6.24. The van der Waals surface area contributed by atoms with Crippen molar-refractivity contribution in [2.75, 3.05) is 5.32 Å². The van der Waals surface area contributed by atoms with E-state index in [1.54, 1.807) is 12.1 Å². The fraction of sp³-hybridized carbons (Fsp3) is 0.300. The smallest absolute Gasteiger partial charge is 0.307 e. The van der Waals surface area contributed by atoms with Gasteiger partial charge >= 0.3 is 5.97 Å². The molecular weight excluding hydrogens is 318 g/mol. The van der Waals surface area contributed by atoms with Gasteiger partial charge in [-0.15, -0.1) is 0 Å². The standard InChI is InChI=1S/C20H21NO4/c22-19(15-10-4-5-11-16(15)20(23)24)21-17-12-6-7-13-18(17)25-14-8-2-1-3-9-14/h1-3,6-9,12-13,15-16H,4-5,10-11H2,(H,21,22)(H,23,24)/t15-,16+/m1/s1. The summed E-state index contributed by atoms with van der Waals surface area (Å²) in [7, 11) is 0. The Kier molecular flexibility index (Phi) is 5.33. The third kappa shape index (κ3) is 4.18. The first-order valence-corrected chi connectivity index (χ1v) is 8.51. The Morgan fingerprint density at radius 1 is 0.920 bits per heavy atom. The number of hydrogen-bond acceptors (Lipinski definition) is 3. The van der Waals surface area contributed by atoms with Gasteiger partial charge in [-0.1, -0.05) is 43.2 Å². The Morgan fingerprint density at radius 3 is 2.28 bits per heavy atom. The largest absolute Gasteiger partial charge is 0.481 e. The van der Waals surface area contributed by atoms with E-state index in [1.165, 1.54) is 0 Å². The average molecular weight is 339 g/mol. The number of aliphatic carboxylic acids is 1. The lowest BCUT2D eigenvalue weighted by atomic mass is 9.78. The highest BCUT2D eigenvalue weighted by Crippen LogP contribution is 2.33. The summed E-state index contributed by atoms with van der Waals surface area (Å²) in [5.41, 5.74) is 0.547. The first-order chi connectivity index (χ1) is 12.1. The molecule has 0 aromatic heterocycles. The van der Waals surface area contributed by atoms with Crippen LogP contribution in [0.2, 0.25) is 0 Å². The summed E-state index contributed by atoms with van der Waals surface area (Å²) in [4.78, 5) is 24.1. The van der Waals surface area contributed by atoms with Crippen LogP contribution in [0.4, 0.5) is 5.69 Å². The summed E-state index contributed by atoms with van der Waals surface area (Å²) in [6.45, 7) is 0. The topological polar surface area (TPSA) is 75.6 Å². The van der Waals surface area contributed by atoms with Gasteiger partial charge in [0.2, 0.25) is 5.91 Å². The average Bonchev–Trinajstić information content (AvgIpc) is 2.64. The summed E-state index contributed by atoms with van der Waals surface area (Å²) >= 11 is 0. The quantitative estimate of drug-likeness (QED) is 0.851. The van der Waals surface area contributed by atoms with Crippen LogP contribution in [0.3, 0.4) is 0 Å². The highest BCUT2D eigenvalue weighted by Gasteiger charge is 2.35. The monoisotopic (exact) mass is 339 g/mol. The second kappa shape index (κ2) is 7.83. The first-order valence-electron chi connectivity index (χ1n) is 8.51. The molecule has 2 aromatic rings. The molecule has 5 heteroatoms. The van der Waals surface area contributed by atoms with Crippen LogP contribution in [-0.2, 0) is 9.59 Å². The van der Waals surface area contributed by atoms with Crippen LogP contribution in [0.15, 0.2) is 54.6 Å². The molecule has 1 amide bonds. The molecule has 0 heterocycles. The minimum Gasteiger partial charge on any atom is -0.481 e. The highest BCUT2D eigenvalue weighted by molar-refractivity contribution is 5.96. The molecule has 2 aromatic carbocycles. The lowest BCUT2D eigenvalue weighted by Crippen LogP contribution is -2.36. The van der Waals surface area contributed by atoms with E-state index in [1.807, 2.05) is 42.5 Å². The number of rotatable bonds is 5. The van der Waals surface area contributed by atoms with Crippen molar-refractivity contribution >= 4 is 17.6 Å². The molecule has 0 unspecified atom stereocenters. The molecule has 1 aliphatic rings. The first kappa shape index (κ1) is 17.0. The molecular formula is C20H21NO4. The van der Waals surface area contributed by atoms with Crippen LogP contribution in [0, 0.1) is 11.8 Å². The van der Waals surface area contributed by atoms with Crippen molar-refractivity contribution in [3.63, 3.8) is 0 Å². The maximum Gasteiger partial charge on any atom is 0.307 e. The lowest BCUT2D eigenvalue weighted by molar-refractivity contribution is -0.147. The molecule has 0 aliphatic heterocycles. The van der Waals surface area contributed by atoms with Gasteiger partial charge in [-0.05, 0) is 37.1 Å². The number of carboxylic acids is 1. The van der Waals surface area contributed by atoms with Crippen molar-refractivity contribution in [1.29, 1.82) is 0 Å². The molecule has 25 heavy (non-hydrogen) atoms. The van der Waals surface area contributed by atoms with Crippen LogP contribution in [-0.4, -0.2) is 17.0 Å². The molecule has 2 atom stereocenters. The maximum absolute atomic E-state index is 12.7. The molecule has 0 spiro atoms. The van der Waals surface area contributed by atoms with Gasteiger partial charge in [0.15, 0.2) is 5.75 Å². The number of nitrogens with one attached hydrogen (secondary N) is 1. The second-order valence-electron chi connectivity index (χ2n) is 6.24. The summed E-state index contributed by atoms with van der Waals surface area (Å²) in [6, 6.07) is 16.5. The molecule has 1 saturated carbocycles. The number of ether oxygens (including phenoxy) is 1. The maximum atomic E-state index is 12.7. The summed E-state index contributed by atoms with van der Waals surface area (Å²) < 4.78 is 5.84. The van der Waals surface area contributed by atoms with Crippen LogP contribution < -0.4 is 10.1 Å². The molecule has 5 nitrogen and oxygen atoms in total. The van der Waals surface area contributed by atoms with E-state index in [9.17, 15) is 14.7 Å². The molecule has 1 fully saturated rings. The number of carbonyl (C=O) groups excluding carboxylic acids is 1. The van der Waals surface area contributed by atoms with E-state index in [-0.39, 0.29) is 5.91 Å². The minimum atomic E-state index is -0.895. The van der Waals surface area contributed by atoms with Crippen LogP contribution >= 0.6 is 0 Å². The summed E-state index contributed by atoms with van der Waals surface area (Å²) in [6.07, 6.45) is 2.89. The summed E-state index contributed by atoms with van der Waals surface area (Å²) in [5.74, 6) is -1.06. The Hall–Kier alpha value is -2.82. The van der Waals surface area contributed by atoms with Crippen molar-refractivity contribution < 1.29 is 19.4 Å². The van der Waals surface area contributed by atoms with Gasteiger partial charge in [0.25, 0.3) is 0 Å². The number of carbonyl (C=O) groups is 2. The third-order valence-electron chi connectivity index (χ3n) is 4.54. The van der Waals surface area contributed by atoms with Crippen LogP contribution in [0.5, 0.6) is 11.5 Å². The van der Waals surface area contributed by atoms with Crippen molar-refractivity contribution in [3.05, 3.63) is 54.6 Å². The Morgan fingerprint density at radius 2 is 1.56 bits per heavy atom. The van der Waals surface area contributed by atoms with Gasteiger partial charge in [-0.25, -0.2) is 0 Å². The zero-order chi connectivity index (χ0) is 17.6. The van der Waals surface area contributed by atoms with Crippen molar-refractivity contribution in [3.8, 4) is 11.5 Å². The molecule has 130 valence electrons. The lowest BCUT2D eigenvalue weighted by Gasteiger charge is -2.27. The molecule has 0 bridgehead atoms. The van der Waals surface area contributed by atoms with Gasteiger partial charge in [-0.3, -0.25) is 9.59 Å². The zero-order valence-electron chi connectivity index (χ0n) is 13.9. The normalized spacial score (nSPS) is 19.8. The predicted molar refractivity (Wildman–Crippen MR) is 94.7 cm³/mol. The van der Waals surface area contributed by atoms with E-state index < -0.39 is 17.8 Å². The van der Waals surface area contributed by atoms with Crippen LogP contribution in [0.1, 0.15) is 25.7 Å². The number of benzene rings is 2. The SMILES string of the molecule is O=C(O)[C@H]1CCCC[C@H]1C(=O)Nc1ccccc1Oc1ccccc1. The van der Waals surface area contributed by atoms with E-state index in [2.05, 4.69) is 5.32 Å². The zero-order valence-corrected chi connectivity index (χ0v) is 13.9. The Balaban J connectivity index is 1.76. The predicted octanol–water partition coefficient (Wildman–Crippen LogP) is 4.31. The third-order valence-corrected chi connectivity index (χ3v) is 4.54. The fourth-order valence-corrected chi connectivity index (χ4v) is 3.24. The number of para-hydroxylation sites is 3. The van der Waals surface area contributed by atoms with Gasteiger partial charge in [0.05, 0.1) is 17.5 Å². The van der Waals surface area contributed by atoms with Crippen molar-refractivity contribution in [2.24, 2.45) is 11.8 Å². The van der Waals surface area contributed by atoms with E-state index in [4.69, 9.17) is 4.74 Å². The Labute approximate surface area is 146 Å². The number of hydrogen-bond donors (Lipinski definition) is 2.